The van der Waals surface area contributed by atoms with Gasteiger partial charge in [0.1, 0.15) is 12.7 Å². The minimum Gasteiger partial charge on any atom is -0.389 e. The molecule has 0 saturated carbocycles. The molecule has 0 aliphatic heterocycles. The van der Waals surface area contributed by atoms with Gasteiger partial charge in [0.05, 0.1) is 0 Å². The summed E-state index contributed by atoms with van der Waals surface area (Å²) in [6.45, 7) is 0.297. The summed E-state index contributed by atoms with van der Waals surface area (Å²) >= 11 is 0. The van der Waals surface area contributed by atoms with Gasteiger partial charge < -0.3 is 14.9 Å². The summed E-state index contributed by atoms with van der Waals surface area (Å²) in [5, 5.41) is 16.5. The molecule has 0 aliphatic rings. The van der Waals surface area contributed by atoms with Gasteiger partial charge in [-0.3, -0.25) is 0 Å². The summed E-state index contributed by atoms with van der Waals surface area (Å²) < 4.78 is 3.88. The van der Waals surface area contributed by atoms with Gasteiger partial charge in [-0.05, 0) is 6.92 Å². The van der Waals surface area contributed by atoms with E-state index in [1.165, 1.54) is 0 Å². The van der Waals surface area contributed by atoms with Gasteiger partial charge in [0.15, 0.2) is 0 Å². The van der Waals surface area contributed by atoms with Crippen LogP contribution in [0.15, 0.2) is 0 Å². The van der Waals surface area contributed by atoms with Gasteiger partial charge in [-0.25, -0.2) is 9.59 Å². The summed E-state index contributed by atoms with van der Waals surface area (Å²) in [4.78, 5) is 20.4. The van der Waals surface area contributed by atoms with Crippen LogP contribution in [0.1, 0.15) is 6.92 Å². The number of aliphatic hydroxyl groups is 2. The predicted molar refractivity (Wildman–Crippen MR) is 29.9 cm³/mol. The maximum absolute atomic E-state index is 10.3. The first-order chi connectivity index (χ1) is 4.57. The molecule has 0 bridgehead atoms. The normalized spacial score (nSPS) is 11.2. The molecule has 0 spiro atoms. The molecule has 0 aromatic carbocycles. The molecule has 0 saturated heterocycles. The monoisotopic (exact) mass is 238 g/mol. The van der Waals surface area contributed by atoms with Gasteiger partial charge in [0, 0.05) is 26.2 Å². The second kappa shape index (κ2) is 6.64. The zero-order valence-corrected chi connectivity index (χ0v) is 8.36. The molecule has 1 unspecified atom stereocenters. The van der Waals surface area contributed by atoms with Crippen LogP contribution in [-0.4, -0.2) is 34.9 Å². The van der Waals surface area contributed by atoms with E-state index in [2.05, 4.69) is 4.74 Å². The van der Waals surface area contributed by atoms with E-state index in [0.29, 0.717) is 0 Å². The van der Waals surface area contributed by atoms with E-state index in [1.807, 2.05) is 0 Å². The molecular formula is C5H8O5Zr. The minimum absolute atomic E-state index is 0. The Labute approximate surface area is 82.5 Å². The Balaban J connectivity index is 0. The zero-order valence-electron chi connectivity index (χ0n) is 5.90. The average Bonchev–Trinajstić information content (AvgIpc) is 1.87. The number of carbonyl (C=O) groups excluding carboxylic acids is 2. The SMILES string of the molecule is CC(O)C(=O)OC(=O)CO.[Zr]. The van der Waals surface area contributed by atoms with Crippen molar-refractivity contribution in [1.29, 1.82) is 0 Å². The third-order valence-electron chi connectivity index (χ3n) is 0.685. The van der Waals surface area contributed by atoms with Crippen molar-refractivity contribution in [2.75, 3.05) is 6.61 Å². The van der Waals surface area contributed by atoms with Gasteiger partial charge in [0.2, 0.25) is 0 Å². The van der Waals surface area contributed by atoms with Crippen LogP contribution in [0, 0.1) is 0 Å². The third-order valence-corrected chi connectivity index (χ3v) is 0.685. The topological polar surface area (TPSA) is 83.8 Å². The Morgan fingerprint density at radius 2 is 2.00 bits per heavy atom. The summed E-state index contributed by atoms with van der Waals surface area (Å²) in [5.41, 5.74) is 0. The van der Waals surface area contributed by atoms with Gasteiger partial charge in [-0.1, -0.05) is 0 Å². The van der Waals surface area contributed by atoms with E-state index in [4.69, 9.17) is 10.2 Å². The van der Waals surface area contributed by atoms with Crippen LogP contribution in [0.25, 0.3) is 0 Å². The maximum atomic E-state index is 10.3. The molecule has 0 rings (SSSR count). The standard InChI is InChI=1S/C5H8O5.Zr/c1-3(7)5(9)10-4(8)2-6;/h3,6-7H,2H2,1H3;. The number of rotatable bonds is 2. The molecule has 62 valence electrons. The first-order valence-electron chi connectivity index (χ1n) is 2.61. The van der Waals surface area contributed by atoms with Crippen molar-refractivity contribution in [1.82, 2.24) is 0 Å². The van der Waals surface area contributed by atoms with Crippen LogP contribution in [0.2, 0.25) is 0 Å². The van der Waals surface area contributed by atoms with E-state index >= 15 is 0 Å². The van der Waals surface area contributed by atoms with Crippen LogP contribution < -0.4 is 0 Å². The van der Waals surface area contributed by atoms with Crippen LogP contribution in [0.5, 0.6) is 0 Å². The first-order valence-corrected chi connectivity index (χ1v) is 2.61. The fourth-order valence-corrected chi connectivity index (χ4v) is 0.230. The second-order valence-electron chi connectivity index (χ2n) is 1.63. The van der Waals surface area contributed by atoms with Gasteiger partial charge >= 0.3 is 11.9 Å². The molecule has 5 nitrogen and oxygen atoms in total. The largest absolute Gasteiger partial charge is 0.389 e. The summed E-state index contributed by atoms with van der Waals surface area (Å²) in [7, 11) is 0. The molecule has 0 radical (unpaired) electrons. The predicted octanol–water partition coefficient (Wildman–Crippen LogP) is -1.57. The van der Waals surface area contributed by atoms with Crippen molar-refractivity contribution in [3.63, 3.8) is 0 Å². The molecule has 0 fully saturated rings. The van der Waals surface area contributed by atoms with Crippen LogP contribution in [-0.2, 0) is 40.5 Å². The Kier molecular flexibility index (Phi) is 8.17. The third kappa shape index (κ3) is 6.35. The zero-order chi connectivity index (χ0) is 8.15. The minimum atomic E-state index is -1.34. The number of carbonyl (C=O) groups is 2. The second-order valence-corrected chi connectivity index (χ2v) is 1.63. The van der Waals surface area contributed by atoms with Crippen LogP contribution in [0.3, 0.4) is 0 Å². The van der Waals surface area contributed by atoms with Gasteiger partial charge in [0.25, 0.3) is 0 Å². The Hall–Kier alpha value is -0.0569. The number of ether oxygens (including phenoxy) is 1. The van der Waals surface area contributed by atoms with Crippen molar-refractivity contribution >= 4 is 11.9 Å². The number of hydrogen-bond donors (Lipinski definition) is 2. The Morgan fingerprint density at radius 3 is 2.27 bits per heavy atom. The fraction of sp³-hybridized carbons (Fsp3) is 0.600. The van der Waals surface area contributed by atoms with Gasteiger partial charge in [-0.15, -0.1) is 0 Å². The Morgan fingerprint density at radius 1 is 1.55 bits per heavy atom. The quantitative estimate of drug-likeness (QED) is 0.449. The molecule has 0 aromatic rings. The van der Waals surface area contributed by atoms with Gasteiger partial charge in [-0.2, -0.15) is 0 Å². The smallest absolute Gasteiger partial charge is 0.342 e. The Bertz CT molecular complexity index is 144. The molecule has 1 atom stereocenters. The number of esters is 2. The molecule has 6 heteroatoms. The van der Waals surface area contributed by atoms with Crippen LogP contribution >= 0.6 is 0 Å². The molecule has 0 aliphatic carbocycles. The fourth-order valence-electron chi connectivity index (χ4n) is 0.230. The summed E-state index contributed by atoms with van der Waals surface area (Å²) in [6, 6.07) is 0. The van der Waals surface area contributed by atoms with Crippen molar-refractivity contribution in [3.05, 3.63) is 0 Å². The van der Waals surface area contributed by atoms with E-state index in [-0.39, 0.29) is 26.2 Å². The molecule has 0 heterocycles. The number of hydrogen-bond acceptors (Lipinski definition) is 5. The summed E-state index contributed by atoms with van der Waals surface area (Å²) in [6.07, 6.45) is -1.34. The molecule has 0 aromatic heterocycles. The molecular weight excluding hydrogens is 231 g/mol. The number of aliphatic hydroxyl groups excluding tert-OH is 2. The first kappa shape index (κ1) is 13.5. The maximum Gasteiger partial charge on any atom is 0.342 e. The van der Waals surface area contributed by atoms with Crippen molar-refractivity contribution in [3.8, 4) is 0 Å². The molecule has 2 N–H and O–H groups in total. The van der Waals surface area contributed by atoms with E-state index < -0.39 is 24.6 Å². The molecule has 0 amide bonds. The summed E-state index contributed by atoms with van der Waals surface area (Å²) in [5.74, 6) is -2.12. The van der Waals surface area contributed by atoms with E-state index in [0.717, 1.165) is 6.92 Å². The van der Waals surface area contributed by atoms with E-state index in [1.54, 1.807) is 0 Å². The van der Waals surface area contributed by atoms with Crippen molar-refractivity contribution in [2.24, 2.45) is 0 Å². The molecule has 11 heavy (non-hydrogen) atoms. The van der Waals surface area contributed by atoms with Crippen molar-refractivity contribution in [2.45, 2.75) is 13.0 Å². The van der Waals surface area contributed by atoms with Crippen LogP contribution in [0.4, 0.5) is 0 Å². The average molecular weight is 239 g/mol. The van der Waals surface area contributed by atoms with E-state index in [9.17, 15) is 9.59 Å². The van der Waals surface area contributed by atoms with Crippen molar-refractivity contribution < 1.29 is 50.7 Å².